The lowest BCUT2D eigenvalue weighted by molar-refractivity contribution is 0.887. The number of fused-ring (bicyclic) bond motifs is 1. The van der Waals surface area contributed by atoms with Crippen LogP contribution in [0.4, 0.5) is 5.82 Å². The summed E-state index contributed by atoms with van der Waals surface area (Å²) in [7, 11) is 0. The van der Waals surface area contributed by atoms with Crippen LogP contribution in [0.2, 0.25) is 0 Å². The van der Waals surface area contributed by atoms with Crippen molar-refractivity contribution in [2.24, 2.45) is 0 Å². The Kier molecular flexibility index (Phi) is 4.15. The van der Waals surface area contributed by atoms with Gasteiger partial charge in [0, 0.05) is 35.2 Å². The van der Waals surface area contributed by atoms with Crippen LogP contribution in [0.5, 0.6) is 0 Å². The minimum atomic E-state index is 0.616. The first-order chi connectivity index (χ1) is 12.2. The summed E-state index contributed by atoms with van der Waals surface area (Å²) in [6.45, 7) is 4.81. The van der Waals surface area contributed by atoms with Gasteiger partial charge in [0.25, 0.3) is 5.78 Å². The SMILES string of the molecule is Cc1nc2ncnn2c(NCCc2csc(-c3ccccc3)n2)c1C. The molecule has 0 saturated heterocycles. The van der Waals surface area contributed by atoms with E-state index in [0.29, 0.717) is 5.78 Å². The second-order valence-corrected chi connectivity index (χ2v) is 6.69. The van der Waals surface area contributed by atoms with Crippen LogP contribution in [0, 0.1) is 13.8 Å². The minimum Gasteiger partial charge on any atom is -0.369 e. The van der Waals surface area contributed by atoms with Gasteiger partial charge < -0.3 is 5.32 Å². The first kappa shape index (κ1) is 15.7. The first-order valence-electron chi connectivity index (χ1n) is 8.13. The van der Waals surface area contributed by atoms with Crippen molar-refractivity contribution in [3.63, 3.8) is 0 Å². The van der Waals surface area contributed by atoms with E-state index in [-0.39, 0.29) is 0 Å². The van der Waals surface area contributed by atoms with Gasteiger partial charge in [0.2, 0.25) is 0 Å². The highest BCUT2D eigenvalue weighted by Crippen LogP contribution is 2.23. The molecule has 1 N–H and O–H groups in total. The number of rotatable bonds is 5. The maximum absolute atomic E-state index is 4.74. The quantitative estimate of drug-likeness (QED) is 0.596. The summed E-state index contributed by atoms with van der Waals surface area (Å²) in [5, 5.41) is 10.9. The summed E-state index contributed by atoms with van der Waals surface area (Å²) in [6.07, 6.45) is 2.37. The fraction of sp³-hybridized carbons (Fsp3) is 0.222. The number of nitrogens with zero attached hydrogens (tertiary/aromatic N) is 5. The summed E-state index contributed by atoms with van der Waals surface area (Å²) >= 11 is 1.68. The van der Waals surface area contributed by atoms with Crippen molar-refractivity contribution in [1.29, 1.82) is 0 Å². The third-order valence-corrected chi connectivity index (χ3v) is 5.09. The number of nitrogens with one attached hydrogen (secondary N) is 1. The lowest BCUT2D eigenvalue weighted by Crippen LogP contribution is -2.12. The van der Waals surface area contributed by atoms with Crippen molar-refractivity contribution >= 4 is 22.9 Å². The van der Waals surface area contributed by atoms with Gasteiger partial charge in [-0.3, -0.25) is 0 Å². The maximum atomic E-state index is 4.74. The Morgan fingerprint density at radius 3 is 2.80 bits per heavy atom. The molecule has 0 bridgehead atoms. The molecule has 4 aromatic rings. The van der Waals surface area contributed by atoms with Gasteiger partial charge in [-0.1, -0.05) is 30.3 Å². The molecule has 4 rings (SSSR count). The second kappa shape index (κ2) is 6.60. The summed E-state index contributed by atoms with van der Waals surface area (Å²) in [5.74, 6) is 1.56. The molecule has 126 valence electrons. The molecule has 0 radical (unpaired) electrons. The molecule has 25 heavy (non-hydrogen) atoms. The van der Waals surface area contributed by atoms with Crippen LogP contribution in [0.1, 0.15) is 17.0 Å². The van der Waals surface area contributed by atoms with Crippen molar-refractivity contribution < 1.29 is 0 Å². The summed E-state index contributed by atoms with van der Waals surface area (Å²) in [6, 6.07) is 10.3. The first-order valence-corrected chi connectivity index (χ1v) is 9.01. The van der Waals surface area contributed by atoms with Crippen molar-refractivity contribution in [3.8, 4) is 10.6 Å². The predicted molar refractivity (Wildman–Crippen MR) is 100.0 cm³/mol. The van der Waals surface area contributed by atoms with E-state index in [1.807, 2.05) is 32.0 Å². The Bertz CT molecular complexity index is 1010. The van der Waals surface area contributed by atoms with E-state index in [0.717, 1.165) is 46.3 Å². The lowest BCUT2D eigenvalue weighted by Gasteiger charge is -2.11. The molecule has 0 atom stereocenters. The molecule has 0 aliphatic carbocycles. The summed E-state index contributed by atoms with van der Waals surface area (Å²) in [5.41, 5.74) is 4.30. The highest BCUT2D eigenvalue weighted by atomic mass is 32.1. The van der Waals surface area contributed by atoms with Crippen molar-refractivity contribution in [3.05, 3.63) is 59.0 Å². The summed E-state index contributed by atoms with van der Waals surface area (Å²) in [4.78, 5) is 13.3. The fourth-order valence-electron chi connectivity index (χ4n) is 2.69. The van der Waals surface area contributed by atoms with Gasteiger partial charge in [-0.2, -0.15) is 14.6 Å². The maximum Gasteiger partial charge on any atom is 0.254 e. The van der Waals surface area contributed by atoms with Crippen LogP contribution >= 0.6 is 11.3 Å². The number of hydrogen-bond acceptors (Lipinski definition) is 6. The Morgan fingerprint density at radius 1 is 1.12 bits per heavy atom. The van der Waals surface area contributed by atoms with Crippen LogP contribution < -0.4 is 5.32 Å². The third-order valence-electron chi connectivity index (χ3n) is 4.15. The zero-order valence-corrected chi connectivity index (χ0v) is 14.9. The molecule has 0 fully saturated rings. The zero-order valence-electron chi connectivity index (χ0n) is 14.1. The molecule has 3 aromatic heterocycles. The normalized spacial score (nSPS) is 11.1. The number of anilines is 1. The Morgan fingerprint density at radius 2 is 1.96 bits per heavy atom. The monoisotopic (exact) mass is 350 g/mol. The van der Waals surface area contributed by atoms with Gasteiger partial charge in [-0.05, 0) is 13.8 Å². The Labute approximate surface area is 149 Å². The smallest absolute Gasteiger partial charge is 0.254 e. The van der Waals surface area contributed by atoms with E-state index in [9.17, 15) is 0 Å². The number of thiazole rings is 1. The molecule has 0 saturated carbocycles. The van der Waals surface area contributed by atoms with Gasteiger partial charge in [0.05, 0.1) is 5.69 Å². The van der Waals surface area contributed by atoms with Crippen molar-refractivity contribution in [2.75, 3.05) is 11.9 Å². The molecule has 0 spiro atoms. The molecule has 7 heteroatoms. The van der Waals surface area contributed by atoms with Crippen molar-refractivity contribution in [1.82, 2.24) is 24.6 Å². The topological polar surface area (TPSA) is 68.0 Å². The highest BCUT2D eigenvalue weighted by Gasteiger charge is 2.11. The van der Waals surface area contributed by atoms with E-state index in [1.54, 1.807) is 15.9 Å². The van der Waals surface area contributed by atoms with Crippen LogP contribution in [-0.2, 0) is 6.42 Å². The third kappa shape index (κ3) is 3.10. The molecule has 0 unspecified atom stereocenters. The van der Waals surface area contributed by atoms with E-state index >= 15 is 0 Å². The Balaban J connectivity index is 1.48. The van der Waals surface area contributed by atoms with Gasteiger partial charge in [-0.15, -0.1) is 11.3 Å². The van der Waals surface area contributed by atoms with Gasteiger partial charge >= 0.3 is 0 Å². The molecular formula is C18H18N6S. The number of benzene rings is 1. The minimum absolute atomic E-state index is 0.616. The number of hydrogen-bond donors (Lipinski definition) is 1. The molecule has 3 heterocycles. The molecule has 6 nitrogen and oxygen atoms in total. The average Bonchev–Trinajstić information content (AvgIpc) is 3.28. The molecular weight excluding hydrogens is 332 g/mol. The second-order valence-electron chi connectivity index (χ2n) is 5.83. The fourth-order valence-corrected chi connectivity index (χ4v) is 3.55. The molecule has 0 amide bonds. The highest BCUT2D eigenvalue weighted by molar-refractivity contribution is 7.13. The van der Waals surface area contributed by atoms with E-state index in [2.05, 4.69) is 37.9 Å². The number of aryl methyl sites for hydroxylation is 1. The largest absolute Gasteiger partial charge is 0.369 e. The van der Waals surface area contributed by atoms with Crippen LogP contribution in [0.15, 0.2) is 42.0 Å². The molecule has 0 aliphatic heterocycles. The molecule has 1 aromatic carbocycles. The standard InChI is InChI=1S/C18H18N6S/c1-12-13(2)22-18-20-11-21-24(18)16(12)19-9-8-15-10-25-17(23-15)14-6-4-3-5-7-14/h3-7,10-11,19H,8-9H2,1-2H3. The predicted octanol–water partition coefficient (Wildman–Crippen LogP) is 3.52. The zero-order chi connectivity index (χ0) is 17.2. The molecule has 0 aliphatic rings. The van der Waals surface area contributed by atoms with Gasteiger partial charge in [-0.25, -0.2) is 9.97 Å². The Hall–Kier alpha value is -2.80. The van der Waals surface area contributed by atoms with E-state index < -0.39 is 0 Å². The number of aromatic nitrogens is 5. The van der Waals surface area contributed by atoms with Gasteiger partial charge in [0.1, 0.15) is 17.2 Å². The van der Waals surface area contributed by atoms with Crippen LogP contribution in [0.25, 0.3) is 16.3 Å². The van der Waals surface area contributed by atoms with Crippen LogP contribution in [-0.4, -0.2) is 31.1 Å². The average molecular weight is 350 g/mol. The summed E-state index contributed by atoms with van der Waals surface area (Å²) < 4.78 is 1.75. The van der Waals surface area contributed by atoms with Crippen molar-refractivity contribution in [2.45, 2.75) is 20.3 Å². The van der Waals surface area contributed by atoms with Crippen LogP contribution in [0.3, 0.4) is 0 Å². The van der Waals surface area contributed by atoms with E-state index in [4.69, 9.17) is 4.98 Å². The lowest BCUT2D eigenvalue weighted by atomic mass is 10.2. The van der Waals surface area contributed by atoms with E-state index in [1.165, 1.54) is 6.33 Å². The van der Waals surface area contributed by atoms with Gasteiger partial charge in [0.15, 0.2) is 0 Å².